The lowest BCUT2D eigenvalue weighted by Crippen LogP contribution is -2.25. The quantitative estimate of drug-likeness (QED) is 0.750. The first-order valence-electron chi connectivity index (χ1n) is 7.97. The second-order valence-corrected chi connectivity index (χ2v) is 6.26. The van der Waals surface area contributed by atoms with E-state index < -0.39 is 11.9 Å². The smallest absolute Gasteiger partial charge is 0.347 e. The van der Waals surface area contributed by atoms with Crippen LogP contribution in [-0.2, 0) is 24.6 Å². The van der Waals surface area contributed by atoms with Gasteiger partial charge in [-0.25, -0.2) is 9.97 Å². The first kappa shape index (κ1) is 18.7. The van der Waals surface area contributed by atoms with Crippen LogP contribution in [0.3, 0.4) is 0 Å². The summed E-state index contributed by atoms with van der Waals surface area (Å²) in [4.78, 5) is 21.8. The van der Waals surface area contributed by atoms with Crippen molar-refractivity contribution in [3.8, 4) is 0 Å². The second-order valence-electron chi connectivity index (χ2n) is 6.26. The molecule has 0 saturated heterocycles. The molecule has 0 saturated carbocycles. The molecule has 3 rings (SSSR count). The molecule has 3 heterocycles. The highest BCUT2D eigenvalue weighted by Crippen LogP contribution is 2.35. The predicted octanol–water partition coefficient (Wildman–Crippen LogP) is 2.32. The third-order valence-electron chi connectivity index (χ3n) is 4.13. The minimum absolute atomic E-state index is 0.0361. The van der Waals surface area contributed by atoms with E-state index in [2.05, 4.69) is 20.4 Å². The highest BCUT2D eigenvalue weighted by molar-refractivity contribution is 5.89. The summed E-state index contributed by atoms with van der Waals surface area (Å²) in [6.07, 6.45) is -1.55. The van der Waals surface area contributed by atoms with Gasteiger partial charge in [-0.15, -0.1) is 0 Å². The van der Waals surface area contributed by atoms with E-state index in [-0.39, 0.29) is 29.7 Å². The van der Waals surface area contributed by atoms with Crippen molar-refractivity contribution in [3.05, 3.63) is 29.8 Å². The Hall–Kier alpha value is -3.11. The predicted molar refractivity (Wildman–Crippen MR) is 92.5 cm³/mol. The number of amides is 1. The zero-order valence-electron chi connectivity index (χ0n) is 15.2. The number of hydrogen-bond acceptors (Lipinski definition) is 5. The van der Waals surface area contributed by atoms with Crippen molar-refractivity contribution < 1.29 is 18.0 Å². The lowest BCUT2D eigenvalue weighted by molar-refractivity contribution is -0.141. The first-order chi connectivity index (χ1) is 12.6. The summed E-state index contributed by atoms with van der Waals surface area (Å²) in [7, 11) is 4.72. The van der Waals surface area contributed by atoms with Gasteiger partial charge in [-0.3, -0.25) is 9.48 Å². The van der Waals surface area contributed by atoms with Gasteiger partial charge in [-0.2, -0.15) is 18.3 Å². The number of carbonyl (C=O) groups excluding carboxylic acids is 1. The van der Waals surface area contributed by atoms with Crippen molar-refractivity contribution in [2.75, 3.05) is 19.4 Å². The highest BCUT2D eigenvalue weighted by Gasteiger charge is 2.37. The van der Waals surface area contributed by atoms with E-state index in [4.69, 9.17) is 0 Å². The molecule has 0 unspecified atom stereocenters. The van der Waals surface area contributed by atoms with Crippen LogP contribution in [0.1, 0.15) is 11.3 Å². The molecule has 0 fully saturated rings. The van der Waals surface area contributed by atoms with Gasteiger partial charge in [0.15, 0.2) is 11.5 Å². The van der Waals surface area contributed by atoms with Crippen LogP contribution in [0.5, 0.6) is 0 Å². The van der Waals surface area contributed by atoms with E-state index in [0.29, 0.717) is 11.0 Å². The number of pyridine rings is 1. The van der Waals surface area contributed by atoms with Gasteiger partial charge >= 0.3 is 6.18 Å². The molecule has 1 amide bonds. The molecule has 3 aromatic rings. The summed E-state index contributed by atoms with van der Waals surface area (Å²) in [5, 5.41) is 6.43. The number of nitrogens with zero attached hydrogens (tertiary/aromatic N) is 6. The molecular formula is C16H18F3N7O. The van der Waals surface area contributed by atoms with Crippen LogP contribution in [-0.4, -0.2) is 49.2 Å². The largest absolute Gasteiger partial charge is 0.435 e. The van der Waals surface area contributed by atoms with E-state index in [1.165, 1.54) is 31.4 Å². The van der Waals surface area contributed by atoms with Crippen LogP contribution < -0.4 is 5.32 Å². The maximum atomic E-state index is 13.1. The van der Waals surface area contributed by atoms with Gasteiger partial charge < -0.3 is 14.8 Å². The molecule has 8 nitrogen and oxygen atoms in total. The van der Waals surface area contributed by atoms with Crippen molar-refractivity contribution in [3.63, 3.8) is 0 Å². The molecule has 0 aromatic carbocycles. The van der Waals surface area contributed by atoms with Crippen molar-refractivity contribution in [1.29, 1.82) is 0 Å². The molecule has 0 atom stereocenters. The number of imidazole rings is 1. The summed E-state index contributed by atoms with van der Waals surface area (Å²) in [5.74, 6) is 0.336. The zero-order chi connectivity index (χ0) is 19.9. The number of halogens is 3. The van der Waals surface area contributed by atoms with Crippen molar-refractivity contribution in [2.24, 2.45) is 7.05 Å². The number of nitrogens with one attached hydrogen (secondary N) is 1. The summed E-state index contributed by atoms with van der Waals surface area (Å²) >= 11 is 0. The number of rotatable bonds is 4. The highest BCUT2D eigenvalue weighted by atomic mass is 19.4. The molecule has 0 aliphatic rings. The SMILES string of the molecule is Cc1c(C(F)(F)F)nn(C)c1Nc1nccc2c1ncn2CC(=O)N(C)C. The number of fused-ring (bicyclic) bond motifs is 1. The third kappa shape index (κ3) is 3.44. The van der Waals surface area contributed by atoms with Crippen LogP contribution in [0.15, 0.2) is 18.6 Å². The topological polar surface area (TPSA) is 80.9 Å². The molecule has 144 valence electrons. The molecule has 0 bridgehead atoms. The summed E-state index contributed by atoms with van der Waals surface area (Å²) in [6, 6.07) is 1.69. The summed E-state index contributed by atoms with van der Waals surface area (Å²) < 4.78 is 41.9. The fourth-order valence-corrected chi connectivity index (χ4v) is 2.68. The van der Waals surface area contributed by atoms with Crippen molar-refractivity contribution >= 4 is 28.6 Å². The van der Waals surface area contributed by atoms with Gasteiger partial charge in [0.25, 0.3) is 0 Å². The number of anilines is 2. The minimum atomic E-state index is -4.55. The Kier molecular flexibility index (Phi) is 4.54. The van der Waals surface area contributed by atoms with Crippen LogP contribution in [0.25, 0.3) is 11.0 Å². The van der Waals surface area contributed by atoms with E-state index >= 15 is 0 Å². The number of carbonyl (C=O) groups is 1. The van der Waals surface area contributed by atoms with Crippen molar-refractivity contribution in [2.45, 2.75) is 19.6 Å². The molecule has 0 spiro atoms. The van der Waals surface area contributed by atoms with E-state index in [1.807, 2.05) is 0 Å². The summed E-state index contributed by atoms with van der Waals surface area (Å²) in [5.41, 5.74) is 0.0876. The van der Waals surface area contributed by atoms with Crippen molar-refractivity contribution in [1.82, 2.24) is 29.2 Å². The maximum Gasteiger partial charge on any atom is 0.435 e. The van der Waals surface area contributed by atoms with Crippen LogP contribution in [0.4, 0.5) is 24.8 Å². The van der Waals surface area contributed by atoms with Gasteiger partial charge in [-0.1, -0.05) is 0 Å². The Morgan fingerprint density at radius 1 is 1.30 bits per heavy atom. The Morgan fingerprint density at radius 3 is 2.59 bits per heavy atom. The normalized spacial score (nSPS) is 11.8. The van der Waals surface area contributed by atoms with Gasteiger partial charge in [0.05, 0.1) is 11.8 Å². The molecule has 0 radical (unpaired) electrons. The molecular weight excluding hydrogens is 363 g/mol. The summed E-state index contributed by atoms with van der Waals surface area (Å²) in [6.45, 7) is 1.43. The van der Waals surface area contributed by atoms with E-state index in [9.17, 15) is 18.0 Å². The van der Waals surface area contributed by atoms with Gasteiger partial charge in [0, 0.05) is 32.9 Å². The number of aromatic nitrogens is 5. The Balaban J connectivity index is 1.99. The lowest BCUT2D eigenvalue weighted by Gasteiger charge is -2.11. The Bertz CT molecular complexity index is 1000. The molecule has 0 aliphatic carbocycles. The average molecular weight is 381 g/mol. The second kappa shape index (κ2) is 6.56. The number of hydrogen-bond donors (Lipinski definition) is 1. The van der Waals surface area contributed by atoms with E-state index in [0.717, 1.165) is 4.68 Å². The average Bonchev–Trinajstić information content (AvgIpc) is 3.11. The number of likely N-dealkylation sites (N-methyl/N-ethyl adjacent to an activating group) is 1. The number of alkyl halides is 3. The molecule has 11 heteroatoms. The zero-order valence-corrected chi connectivity index (χ0v) is 15.2. The first-order valence-corrected chi connectivity index (χ1v) is 7.97. The molecule has 1 N–H and O–H groups in total. The lowest BCUT2D eigenvalue weighted by atomic mass is 10.2. The Morgan fingerprint density at radius 2 is 2.00 bits per heavy atom. The van der Waals surface area contributed by atoms with Gasteiger partial charge in [-0.05, 0) is 13.0 Å². The molecule has 27 heavy (non-hydrogen) atoms. The number of aryl methyl sites for hydroxylation is 1. The third-order valence-corrected chi connectivity index (χ3v) is 4.13. The van der Waals surface area contributed by atoms with Crippen LogP contribution in [0.2, 0.25) is 0 Å². The molecule has 0 aliphatic heterocycles. The van der Waals surface area contributed by atoms with E-state index in [1.54, 1.807) is 24.7 Å². The van der Waals surface area contributed by atoms with Gasteiger partial charge in [0.2, 0.25) is 5.91 Å². The minimum Gasteiger partial charge on any atom is -0.347 e. The fraction of sp³-hybridized carbons (Fsp3) is 0.375. The molecule has 3 aromatic heterocycles. The maximum absolute atomic E-state index is 13.1. The van der Waals surface area contributed by atoms with Crippen LogP contribution >= 0.6 is 0 Å². The van der Waals surface area contributed by atoms with Gasteiger partial charge in [0.1, 0.15) is 17.9 Å². The Labute approximate surface area is 152 Å². The van der Waals surface area contributed by atoms with Crippen LogP contribution in [0, 0.1) is 6.92 Å². The fourth-order valence-electron chi connectivity index (χ4n) is 2.68. The monoisotopic (exact) mass is 381 g/mol. The standard InChI is InChI=1S/C16H18F3N7O/c1-9-13(16(17,18)19)23-25(4)15(9)22-14-12-10(5-6-20-14)26(8-21-12)7-11(27)24(2)3/h5-6,8H,7H2,1-4H3,(H,20,22).